The lowest BCUT2D eigenvalue weighted by molar-refractivity contribution is -0.118. The Morgan fingerprint density at radius 2 is 2.00 bits per heavy atom. The molecule has 0 spiro atoms. The number of nitrogens with one attached hydrogen (secondary N) is 1. The maximum absolute atomic E-state index is 11.9. The Bertz CT molecular complexity index is 907. The van der Waals surface area contributed by atoms with E-state index in [0.717, 1.165) is 21.6 Å². The molecule has 6 nitrogen and oxygen atoms in total. The number of rotatable bonds is 6. The van der Waals surface area contributed by atoms with Gasteiger partial charge in [0.2, 0.25) is 5.91 Å². The molecular weight excluding hydrogens is 358 g/mol. The first-order valence-corrected chi connectivity index (χ1v) is 8.97. The molecule has 1 aromatic heterocycles. The van der Waals surface area contributed by atoms with Gasteiger partial charge in [0.15, 0.2) is 0 Å². The Morgan fingerprint density at radius 3 is 2.80 bits per heavy atom. The van der Waals surface area contributed by atoms with Crippen LogP contribution in [0.15, 0.2) is 58.5 Å². The highest BCUT2D eigenvalue weighted by atomic mass is 35.5. The van der Waals surface area contributed by atoms with Crippen molar-refractivity contribution in [3.05, 3.63) is 53.6 Å². The number of amides is 1. The Hall–Kier alpha value is -2.38. The summed E-state index contributed by atoms with van der Waals surface area (Å²) in [5.74, 6) is 0.118. The summed E-state index contributed by atoms with van der Waals surface area (Å²) in [5.41, 5.74) is 5.07. The number of hydrazone groups is 1. The first-order chi connectivity index (χ1) is 12.1. The minimum absolute atomic E-state index is 0.164. The molecule has 25 heavy (non-hydrogen) atoms. The van der Waals surface area contributed by atoms with Gasteiger partial charge in [0.25, 0.3) is 0 Å². The van der Waals surface area contributed by atoms with E-state index < -0.39 is 0 Å². The van der Waals surface area contributed by atoms with Crippen LogP contribution in [0.4, 0.5) is 0 Å². The van der Waals surface area contributed by atoms with E-state index in [1.807, 2.05) is 43.3 Å². The highest BCUT2D eigenvalue weighted by Gasteiger charge is 2.06. The second kappa shape index (κ2) is 8.13. The largest absolute Gasteiger partial charge is 0.272 e. The van der Waals surface area contributed by atoms with E-state index in [0.29, 0.717) is 11.6 Å². The van der Waals surface area contributed by atoms with E-state index in [1.165, 1.54) is 11.8 Å². The molecule has 0 atom stereocenters. The molecule has 2 aromatic carbocycles. The average molecular weight is 374 g/mol. The van der Waals surface area contributed by atoms with Gasteiger partial charge in [-0.05, 0) is 43.3 Å². The molecule has 0 saturated carbocycles. The van der Waals surface area contributed by atoms with Gasteiger partial charge in [-0.25, -0.2) is 10.1 Å². The number of para-hydroxylation sites is 1. The fourth-order valence-corrected chi connectivity index (χ4v) is 2.97. The highest BCUT2D eigenvalue weighted by molar-refractivity contribution is 8.00. The second-order valence-corrected chi connectivity index (χ2v) is 6.85. The van der Waals surface area contributed by atoms with Crippen molar-refractivity contribution >= 4 is 46.0 Å². The van der Waals surface area contributed by atoms with Crippen molar-refractivity contribution in [3.63, 3.8) is 0 Å². The van der Waals surface area contributed by atoms with Crippen LogP contribution in [0.3, 0.4) is 0 Å². The Balaban J connectivity index is 1.52. The molecular formula is C17H16ClN5OS. The highest BCUT2D eigenvalue weighted by Crippen LogP contribution is 2.19. The molecule has 0 fully saturated rings. The van der Waals surface area contributed by atoms with Gasteiger partial charge in [0.1, 0.15) is 5.52 Å². The lowest BCUT2D eigenvalue weighted by Gasteiger charge is -2.04. The lowest BCUT2D eigenvalue weighted by atomic mass is 10.3. The van der Waals surface area contributed by atoms with Gasteiger partial charge in [0, 0.05) is 9.92 Å². The number of halogens is 1. The minimum Gasteiger partial charge on any atom is -0.272 e. The number of benzene rings is 2. The third kappa shape index (κ3) is 4.80. The van der Waals surface area contributed by atoms with Crippen molar-refractivity contribution in [2.24, 2.45) is 5.10 Å². The van der Waals surface area contributed by atoms with Crippen LogP contribution in [0, 0.1) is 0 Å². The van der Waals surface area contributed by atoms with Crippen LogP contribution in [0.1, 0.15) is 6.92 Å². The van der Waals surface area contributed by atoms with Crippen LogP contribution < -0.4 is 5.43 Å². The second-order valence-electron chi connectivity index (χ2n) is 5.36. The van der Waals surface area contributed by atoms with Crippen LogP contribution in [0.25, 0.3) is 11.0 Å². The molecule has 3 aromatic rings. The summed E-state index contributed by atoms with van der Waals surface area (Å²) < 4.78 is 1.75. The first kappa shape index (κ1) is 17.4. The summed E-state index contributed by atoms with van der Waals surface area (Å²) in [4.78, 5) is 12.9. The summed E-state index contributed by atoms with van der Waals surface area (Å²) in [5, 5.41) is 13.0. The molecule has 1 N–H and O–H groups in total. The molecule has 0 bridgehead atoms. The van der Waals surface area contributed by atoms with E-state index in [9.17, 15) is 4.79 Å². The first-order valence-electron chi connectivity index (χ1n) is 7.60. The van der Waals surface area contributed by atoms with Crippen LogP contribution in [-0.4, -0.2) is 32.4 Å². The molecule has 128 valence electrons. The van der Waals surface area contributed by atoms with Crippen molar-refractivity contribution in [2.75, 3.05) is 5.75 Å². The third-order valence-corrected chi connectivity index (χ3v) is 4.62. The maximum Gasteiger partial charge on any atom is 0.250 e. The molecule has 1 amide bonds. The van der Waals surface area contributed by atoms with Crippen LogP contribution in [0.5, 0.6) is 0 Å². The molecule has 1 heterocycles. The minimum atomic E-state index is -0.164. The number of aromatic nitrogens is 3. The van der Waals surface area contributed by atoms with Gasteiger partial charge in [-0.2, -0.15) is 5.10 Å². The van der Waals surface area contributed by atoms with E-state index in [1.54, 1.807) is 16.8 Å². The molecule has 0 saturated heterocycles. The Kier molecular flexibility index (Phi) is 5.67. The monoisotopic (exact) mass is 373 g/mol. The average Bonchev–Trinajstić information content (AvgIpc) is 3.02. The van der Waals surface area contributed by atoms with Crippen LogP contribution in [-0.2, 0) is 11.3 Å². The summed E-state index contributed by atoms with van der Waals surface area (Å²) in [6.45, 7) is 2.30. The maximum atomic E-state index is 11.9. The van der Waals surface area contributed by atoms with Crippen molar-refractivity contribution in [3.8, 4) is 0 Å². The topological polar surface area (TPSA) is 72.2 Å². The predicted octanol–water partition coefficient (Wildman–Crippen LogP) is 3.37. The van der Waals surface area contributed by atoms with Crippen molar-refractivity contribution in [1.29, 1.82) is 0 Å². The third-order valence-electron chi connectivity index (χ3n) is 3.35. The number of carbonyl (C=O) groups excluding carboxylic acids is 1. The number of hydrogen-bond donors (Lipinski definition) is 1. The summed E-state index contributed by atoms with van der Waals surface area (Å²) >= 11 is 7.26. The van der Waals surface area contributed by atoms with Crippen LogP contribution >= 0.6 is 23.4 Å². The summed E-state index contributed by atoms with van der Waals surface area (Å²) in [6, 6.07) is 15.1. The molecule has 3 rings (SSSR count). The Morgan fingerprint density at radius 1 is 1.24 bits per heavy atom. The lowest BCUT2D eigenvalue weighted by Crippen LogP contribution is -2.22. The van der Waals surface area contributed by atoms with Gasteiger partial charge in [0.05, 0.1) is 23.5 Å². The zero-order valence-electron chi connectivity index (χ0n) is 13.5. The normalized spacial score (nSPS) is 11.7. The number of nitrogens with zero attached hydrogens (tertiary/aromatic N) is 4. The van der Waals surface area contributed by atoms with Crippen molar-refractivity contribution in [1.82, 2.24) is 20.4 Å². The number of thioether (sulfide) groups is 1. The van der Waals surface area contributed by atoms with Gasteiger partial charge in [-0.3, -0.25) is 4.79 Å². The van der Waals surface area contributed by atoms with Crippen molar-refractivity contribution < 1.29 is 4.79 Å². The van der Waals surface area contributed by atoms with Crippen LogP contribution in [0.2, 0.25) is 5.02 Å². The van der Waals surface area contributed by atoms with Gasteiger partial charge >= 0.3 is 0 Å². The van der Waals surface area contributed by atoms with E-state index in [4.69, 9.17) is 11.6 Å². The zero-order valence-corrected chi connectivity index (χ0v) is 15.1. The number of hydrogen-bond acceptors (Lipinski definition) is 5. The fourth-order valence-electron chi connectivity index (χ4n) is 2.16. The smallest absolute Gasteiger partial charge is 0.250 e. The zero-order chi connectivity index (χ0) is 17.6. The van der Waals surface area contributed by atoms with E-state index >= 15 is 0 Å². The predicted molar refractivity (Wildman–Crippen MR) is 101 cm³/mol. The summed E-state index contributed by atoms with van der Waals surface area (Å²) in [7, 11) is 0. The molecule has 0 aliphatic rings. The SMILES string of the molecule is C/C(Cn1nnc2ccccc21)=N\NC(=O)CSc1ccc(Cl)cc1. The van der Waals surface area contributed by atoms with Gasteiger partial charge in [-0.1, -0.05) is 28.9 Å². The molecule has 0 unspecified atom stereocenters. The van der Waals surface area contributed by atoms with Gasteiger partial charge < -0.3 is 0 Å². The molecule has 0 aliphatic carbocycles. The molecule has 0 aliphatic heterocycles. The fraction of sp³-hybridized carbons (Fsp3) is 0.176. The molecule has 0 radical (unpaired) electrons. The van der Waals surface area contributed by atoms with E-state index in [-0.39, 0.29) is 11.7 Å². The van der Waals surface area contributed by atoms with E-state index in [2.05, 4.69) is 20.8 Å². The standard InChI is InChI=1S/C17H16ClN5OS/c1-12(10-23-16-5-3-2-4-15(16)20-22-23)19-21-17(24)11-25-14-8-6-13(18)7-9-14/h2-9H,10-11H2,1H3,(H,21,24)/b19-12+. The summed E-state index contributed by atoms with van der Waals surface area (Å²) in [6.07, 6.45) is 0. The number of carbonyl (C=O) groups is 1. The molecule has 8 heteroatoms. The van der Waals surface area contributed by atoms with Crippen molar-refractivity contribution in [2.45, 2.75) is 18.4 Å². The number of fused-ring (bicyclic) bond motifs is 1. The Labute approximate surface area is 154 Å². The quantitative estimate of drug-likeness (QED) is 0.408. The van der Waals surface area contributed by atoms with Gasteiger partial charge in [-0.15, -0.1) is 16.9 Å².